The Bertz CT molecular complexity index is 300. The number of aliphatic carboxylic acids is 1. The van der Waals surface area contributed by atoms with Gasteiger partial charge in [-0.15, -0.1) is 11.8 Å². The zero-order valence-corrected chi connectivity index (χ0v) is 12.4. The summed E-state index contributed by atoms with van der Waals surface area (Å²) in [7, 11) is 0. The maximum absolute atomic E-state index is 10.8. The summed E-state index contributed by atoms with van der Waals surface area (Å²) in [6, 6.07) is -0.346. The van der Waals surface area contributed by atoms with E-state index in [2.05, 4.69) is 32.2 Å². The molecule has 0 aliphatic carbocycles. The van der Waals surface area contributed by atoms with E-state index in [1.165, 1.54) is 18.4 Å². The highest BCUT2D eigenvalue weighted by atomic mass is 32.2. The number of hydrogen-bond donors (Lipinski definition) is 2. The highest BCUT2D eigenvalue weighted by Crippen LogP contribution is 2.25. The van der Waals surface area contributed by atoms with E-state index in [0.29, 0.717) is 17.0 Å². The Morgan fingerprint density at radius 3 is 2.78 bits per heavy atom. The third kappa shape index (κ3) is 5.91. The van der Waals surface area contributed by atoms with E-state index in [1.54, 1.807) is 11.8 Å². The first-order valence-corrected chi connectivity index (χ1v) is 7.77. The number of thioether (sulfide) groups is 1. The Labute approximate surface area is 114 Å². The quantitative estimate of drug-likeness (QED) is 0.698. The van der Waals surface area contributed by atoms with Gasteiger partial charge in [-0.3, -0.25) is 10.1 Å². The maximum atomic E-state index is 10.8. The number of hydrogen-bond acceptors (Lipinski definition) is 3. The van der Waals surface area contributed by atoms with Gasteiger partial charge in [-0.05, 0) is 45.4 Å². The van der Waals surface area contributed by atoms with Crippen molar-refractivity contribution >= 4 is 17.7 Å². The van der Waals surface area contributed by atoms with Crippen molar-refractivity contribution in [3.63, 3.8) is 0 Å². The van der Waals surface area contributed by atoms with E-state index in [1.807, 2.05) is 0 Å². The molecule has 0 aromatic carbocycles. The zero-order valence-electron chi connectivity index (χ0n) is 11.6. The van der Waals surface area contributed by atoms with Crippen LogP contribution < -0.4 is 5.32 Å². The second kappa shape index (κ2) is 7.85. The molecule has 104 valence electrons. The molecule has 3 atom stereocenters. The minimum absolute atomic E-state index is 0.331. The number of rotatable bonds is 7. The van der Waals surface area contributed by atoms with Gasteiger partial charge in [0, 0.05) is 5.75 Å². The van der Waals surface area contributed by atoms with E-state index in [0.717, 1.165) is 12.8 Å². The van der Waals surface area contributed by atoms with E-state index >= 15 is 0 Å². The minimum Gasteiger partial charge on any atom is -0.480 e. The third-order valence-corrected chi connectivity index (χ3v) is 4.58. The number of allylic oxidation sites excluding steroid dienone is 2. The molecular weight excluding hydrogens is 246 g/mol. The normalized spacial score (nSPS) is 24.8. The number of carbonyl (C=O) groups is 1. The fourth-order valence-electron chi connectivity index (χ4n) is 2.08. The summed E-state index contributed by atoms with van der Waals surface area (Å²) in [6.45, 7) is 6.55. The molecule has 3 nitrogen and oxygen atoms in total. The molecule has 0 amide bonds. The molecule has 0 aromatic rings. The summed E-state index contributed by atoms with van der Waals surface area (Å²) in [4.78, 5) is 10.8. The second-order valence-corrected chi connectivity index (χ2v) is 6.66. The molecule has 2 N–H and O–H groups in total. The van der Waals surface area contributed by atoms with Crippen molar-refractivity contribution in [2.24, 2.45) is 5.92 Å². The van der Waals surface area contributed by atoms with Crippen LogP contribution in [0.1, 0.15) is 46.5 Å². The van der Waals surface area contributed by atoms with Crippen LogP contribution in [0.2, 0.25) is 0 Å². The molecule has 0 unspecified atom stereocenters. The highest BCUT2D eigenvalue weighted by molar-refractivity contribution is 8.00. The third-order valence-electron chi connectivity index (χ3n) is 3.28. The first kappa shape index (κ1) is 15.6. The molecule has 0 spiro atoms. The lowest BCUT2D eigenvalue weighted by Gasteiger charge is -2.14. The van der Waals surface area contributed by atoms with E-state index in [9.17, 15) is 4.79 Å². The summed E-state index contributed by atoms with van der Waals surface area (Å²) < 4.78 is 0. The van der Waals surface area contributed by atoms with E-state index < -0.39 is 5.97 Å². The highest BCUT2D eigenvalue weighted by Gasteiger charge is 2.29. The Morgan fingerprint density at radius 1 is 1.50 bits per heavy atom. The van der Waals surface area contributed by atoms with Gasteiger partial charge in [0.05, 0.1) is 5.37 Å². The lowest BCUT2D eigenvalue weighted by molar-refractivity contribution is -0.138. The SMILES string of the molecule is CC(C)=CCC[C@@H](C)CC[C@H]1N[C@H](C(=O)O)CS1. The predicted molar refractivity (Wildman–Crippen MR) is 77.9 cm³/mol. The zero-order chi connectivity index (χ0) is 13.5. The molecule has 1 saturated heterocycles. The van der Waals surface area contributed by atoms with Crippen LogP contribution in [0.4, 0.5) is 0 Å². The molecule has 1 aliphatic rings. The molecule has 1 aliphatic heterocycles. The average molecular weight is 271 g/mol. The summed E-state index contributed by atoms with van der Waals surface area (Å²) in [5.41, 5.74) is 1.39. The van der Waals surface area contributed by atoms with Gasteiger partial charge < -0.3 is 5.11 Å². The molecule has 18 heavy (non-hydrogen) atoms. The van der Waals surface area contributed by atoms with Crippen molar-refractivity contribution in [1.82, 2.24) is 5.32 Å². The van der Waals surface area contributed by atoms with Crippen molar-refractivity contribution < 1.29 is 9.90 Å². The van der Waals surface area contributed by atoms with Crippen LogP contribution in [-0.4, -0.2) is 28.2 Å². The minimum atomic E-state index is -0.721. The van der Waals surface area contributed by atoms with Crippen LogP contribution >= 0.6 is 11.8 Å². The number of carboxylic acid groups (broad SMARTS) is 1. The first-order chi connectivity index (χ1) is 8.49. The van der Waals surface area contributed by atoms with Gasteiger partial charge in [0.2, 0.25) is 0 Å². The monoisotopic (exact) mass is 271 g/mol. The van der Waals surface area contributed by atoms with Crippen molar-refractivity contribution in [3.05, 3.63) is 11.6 Å². The summed E-state index contributed by atoms with van der Waals surface area (Å²) in [5, 5.41) is 12.4. The van der Waals surface area contributed by atoms with Gasteiger partial charge >= 0.3 is 5.97 Å². The molecule has 0 bridgehead atoms. The summed E-state index contributed by atoms with van der Waals surface area (Å²) >= 11 is 1.75. The molecule has 0 saturated carbocycles. The Hall–Kier alpha value is -0.480. The lowest BCUT2D eigenvalue weighted by atomic mass is 9.99. The van der Waals surface area contributed by atoms with Crippen LogP contribution in [0.3, 0.4) is 0 Å². The molecular formula is C14H25NO2S. The van der Waals surface area contributed by atoms with Crippen LogP contribution in [0.15, 0.2) is 11.6 Å². The Balaban J connectivity index is 2.14. The summed E-state index contributed by atoms with van der Waals surface area (Å²) in [5.74, 6) is 0.695. The number of carboxylic acids is 1. The van der Waals surface area contributed by atoms with E-state index in [4.69, 9.17) is 5.11 Å². The Kier molecular flexibility index (Phi) is 6.79. The van der Waals surface area contributed by atoms with Crippen LogP contribution in [0.25, 0.3) is 0 Å². The fraction of sp³-hybridized carbons (Fsp3) is 0.786. The second-order valence-electron chi connectivity index (χ2n) is 5.42. The molecule has 1 rings (SSSR count). The van der Waals surface area contributed by atoms with Crippen molar-refractivity contribution in [2.45, 2.75) is 57.9 Å². The molecule has 0 aromatic heterocycles. The van der Waals surface area contributed by atoms with Gasteiger partial charge in [-0.1, -0.05) is 18.6 Å². The van der Waals surface area contributed by atoms with Crippen LogP contribution in [0.5, 0.6) is 0 Å². The summed E-state index contributed by atoms with van der Waals surface area (Å²) in [6.07, 6.45) is 6.93. The van der Waals surface area contributed by atoms with Crippen LogP contribution in [-0.2, 0) is 4.79 Å². The Morgan fingerprint density at radius 2 is 2.22 bits per heavy atom. The number of nitrogens with one attached hydrogen (secondary N) is 1. The smallest absolute Gasteiger partial charge is 0.321 e. The van der Waals surface area contributed by atoms with E-state index in [-0.39, 0.29) is 6.04 Å². The van der Waals surface area contributed by atoms with Gasteiger partial charge in [0.25, 0.3) is 0 Å². The van der Waals surface area contributed by atoms with Gasteiger partial charge in [0.1, 0.15) is 6.04 Å². The molecule has 1 fully saturated rings. The fourth-order valence-corrected chi connectivity index (χ4v) is 3.31. The predicted octanol–water partition coefficient (Wildman–Crippen LogP) is 3.26. The van der Waals surface area contributed by atoms with Crippen LogP contribution in [0, 0.1) is 5.92 Å². The molecule has 4 heteroatoms. The van der Waals surface area contributed by atoms with Gasteiger partial charge in [-0.25, -0.2) is 0 Å². The largest absolute Gasteiger partial charge is 0.480 e. The van der Waals surface area contributed by atoms with Crippen molar-refractivity contribution in [1.29, 1.82) is 0 Å². The van der Waals surface area contributed by atoms with Crippen molar-refractivity contribution in [2.75, 3.05) is 5.75 Å². The van der Waals surface area contributed by atoms with Crippen molar-refractivity contribution in [3.8, 4) is 0 Å². The van der Waals surface area contributed by atoms with Gasteiger partial charge in [0.15, 0.2) is 0 Å². The lowest BCUT2D eigenvalue weighted by Crippen LogP contribution is -2.36. The first-order valence-electron chi connectivity index (χ1n) is 6.73. The topological polar surface area (TPSA) is 49.3 Å². The molecule has 1 heterocycles. The average Bonchev–Trinajstić information content (AvgIpc) is 2.74. The standard InChI is InChI=1S/C14H25NO2S/c1-10(2)5-4-6-11(3)7-8-13-15-12(9-18-13)14(16)17/h5,11-13,15H,4,6-9H2,1-3H3,(H,16,17)/t11-,12+,13+/m1/s1. The maximum Gasteiger partial charge on any atom is 0.321 e. The van der Waals surface area contributed by atoms with Gasteiger partial charge in [-0.2, -0.15) is 0 Å². The molecule has 0 radical (unpaired) electrons.